The number of Topliss-reactive ketones (excluding diaryl/α,β-unsaturated/α-hetero) is 1. The molecule has 3 rings (SSSR count). The van der Waals surface area contributed by atoms with Gasteiger partial charge in [-0.2, -0.15) is 26.3 Å². The molecule has 0 aliphatic heterocycles. The number of halogens is 7. The molecule has 40 heavy (non-hydrogen) atoms. The summed E-state index contributed by atoms with van der Waals surface area (Å²) in [5.41, 5.74) is 2.41. The van der Waals surface area contributed by atoms with Crippen LogP contribution in [0.1, 0.15) is 23.5 Å². The smallest absolute Gasteiger partial charge is 0.416 e. The summed E-state index contributed by atoms with van der Waals surface area (Å²) in [4.78, 5) is 37.0. The van der Waals surface area contributed by atoms with Gasteiger partial charge in [-0.1, -0.05) is 29.8 Å². The quantitative estimate of drug-likeness (QED) is 0.339. The predicted octanol–water partition coefficient (Wildman–Crippen LogP) is 4.15. The number of nitrogens with zero attached hydrogens (tertiary/aromatic N) is 3. The van der Waals surface area contributed by atoms with Crippen molar-refractivity contribution in [3.05, 3.63) is 75.2 Å². The number of carbonyl (C=O) groups is 2. The zero-order valence-corrected chi connectivity index (χ0v) is 21.0. The summed E-state index contributed by atoms with van der Waals surface area (Å²) in [6.07, 6.45) is -14.8. The Labute approximate surface area is 226 Å². The number of rotatable bonds is 10. The highest BCUT2D eigenvalue weighted by molar-refractivity contribution is 6.30. The maximum absolute atomic E-state index is 13.6. The van der Waals surface area contributed by atoms with E-state index in [9.17, 15) is 45.8 Å². The second-order valence-corrected chi connectivity index (χ2v) is 9.03. The highest BCUT2D eigenvalue weighted by Gasteiger charge is 2.40. The third-order valence-corrected chi connectivity index (χ3v) is 5.94. The number of ketones is 1. The van der Waals surface area contributed by atoms with E-state index in [-0.39, 0.29) is 22.0 Å². The van der Waals surface area contributed by atoms with Gasteiger partial charge >= 0.3 is 24.1 Å². The number of alkyl halides is 6. The van der Waals surface area contributed by atoms with Crippen LogP contribution in [0.2, 0.25) is 5.02 Å². The Morgan fingerprint density at radius 2 is 1.68 bits per heavy atom. The van der Waals surface area contributed by atoms with Crippen molar-refractivity contribution >= 4 is 23.5 Å². The molecule has 0 aliphatic rings. The zero-order chi connectivity index (χ0) is 29.8. The van der Waals surface area contributed by atoms with Crippen molar-refractivity contribution in [3.63, 3.8) is 0 Å². The number of aliphatic hydroxyl groups excluding tert-OH is 1. The van der Waals surface area contributed by atoms with Gasteiger partial charge in [0.25, 0.3) is 0 Å². The van der Waals surface area contributed by atoms with Crippen molar-refractivity contribution in [2.75, 3.05) is 6.61 Å². The van der Waals surface area contributed by atoms with Gasteiger partial charge in [-0.05, 0) is 35.9 Å². The van der Waals surface area contributed by atoms with Crippen LogP contribution in [-0.2, 0) is 28.8 Å². The highest BCUT2D eigenvalue weighted by Crippen LogP contribution is 2.36. The van der Waals surface area contributed by atoms with Crippen molar-refractivity contribution in [3.8, 4) is 11.4 Å². The lowest BCUT2D eigenvalue weighted by Crippen LogP contribution is -2.37. The van der Waals surface area contributed by atoms with Crippen molar-refractivity contribution in [1.29, 1.82) is 0 Å². The fraction of sp³-hybridized carbons (Fsp3) is 0.333. The number of amides is 1. The molecule has 2 atom stereocenters. The summed E-state index contributed by atoms with van der Waals surface area (Å²) in [6, 6.07) is 9.70. The summed E-state index contributed by atoms with van der Waals surface area (Å²) < 4.78 is 85.5. The molecule has 0 saturated carbocycles. The molecule has 16 heteroatoms. The molecule has 0 spiro atoms. The molecule has 0 bridgehead atoms. The molecule has 0 radical (unpaired) electrons. The zero-order valence-electron chi connectivity index (χ0n) is 20.2. The molecule has 1 aromatic heterocycles. The highest BCUT2D eigenvalue weighted by atomic mass is 35.5. The Bertz CT molecular complexity index is 1420. The molecule has 3 N–H and O–H groups in total. The predicted molar refractivity (Wildman–Crippen MR) is 128 cm³/mol. The van der Waals surface area contributed by atoms with E-state index in [1.165, 1.54) is 30.3 Å². The number of primary amides is 1. The molecule has 0 fully saturated rings. The third-order valence-electron chi connectivity index (χ3n) is 5.69. The van der Waals surface area contributed by atoms with E-state index in [0.29, 0.717) is 9.25 Å². The topological polar surface area (TPSA) is 129 Å². The summed E-state index contributed by atoms with van der Waals surface area (Å²) in [5.74, 6) is -2.52. The number of benzene rings is 2. The Kier molecular flexibility index (Phi) is 9.30. The fourth-order valence-corrected chi connectivity index (χ4v) is 3.98. The van der Waals surface area contributed by atoms with Crippen LogP contribution in [-0.4, -0.2) is 50.2 Å². The van der Waals surface area contributed by atoms with Crippen molar-refractivity contribution in [1.82, 2.24) is 14.3 Å². The molecule has 2 aromatic carbocycles. The molecule has 9 nitrogen and oxygen atoms in total. The van der Waals surface area contributed by atoms with E-state index < -0.39 is 73.6 Å². The average Bonchev–Trinajstić information content (AvgIpc) is 3.15. The maximum Gasteiger partial charge on any atom is 0.416 e. The van der Waals surface area contributed by atoms with E-state index in [4.69, 9.17) is 17.3 Å². The lowest BCUT2D eigenvalue weighted by atomic mass is 9.90. The van der Waals surface area contributed by atoms with Crippen LogP contribution in [0.3, 0.4) is 0 Å². The van der Waals surface area contributed by atoms with Crippen molar-refractivity contribution < 1.29 is 45.8 Å². The Balaban J connectivity index is 1.96. The molecule has 1 amide bonds. The first-order chi connectivity index (χ1) is 18.6. The number of ether oxygens (including phenoxy) is 1. The lowest BCUT2D eigenvalue weighted by molar-refractivity contribution is -0.207. The minimum Gasteiger partial charge on any atom is -0.449 e. The van der Waals surface area contributed by atoms with E-state index in [1.807, 2.05) is 0 Å². The molecule has 216 valence electrons. The third kappa shape index (κ3) is 7.63. The summed E-state index contributed by atoms with van der Waals surface area (Å²) >= 11 is 5.83. The van der Waals surface area contributed by atoms with Crippen LogP contribution < -0.4 is 11.4 Å². The first-order valence-corrected chi connectivity index (χ1v) is 11.7. The summed E-state index contributed by atoms with van der Waals surface area (Å²) in [7, 11) is 0. The molecule has 0 saturated heterocycles. The minimum absolute atomic E-state index is 0.133. The van der Waals surface area contributed by atoms with Gasteiger partial charge in [0.15, 0.2) is 17.7 Å². The van der Waals surface area contributed by atoms with Crippen LogP contribution in [0.25, 0.3) is 11.4 Å². The van der Waals surface area contributed by atoms with Gasteiger partial charge in [0, 0.05) is 22.9 Å². The van der Waals surface area contributed by atoms with Gasteiger partial charge in [-0.15, -0.1) is 5.10 Å². The lowest BCUT2D eigenvalue weighted by Gasteiger charge is -2.21. The normalized spacial score (nSPS) is 13.6. The minimum atomic E-state index is -5.08. The van der Waals surface area contributed by atoms with Crippen LogP contribution in [0.5, 0.6) is 0 Å². The Morgan fingerprint density at radius 1 is 1.05 bits per heavy atom. The van der Waals surface area contributed by atoms with Crippen molar-refractivity contribution in [2.24, 2.45) is 5.73 Å². The molecule has 1 unspecified atom stereocenters. The Hall–Kier alpha value is -3.85. The first kappa shape index (κ1) is 30.7. The number of nitrogens with two attached hydrogens (primary N) is 1. The number of aromatic nitrogens is 3. The molecule has 0 aliphatic carbocycles. The van der Waals surface area contributed by atoms with Crippen LogP contribution >= 0.6 is 11.6 Å². The van der Waals surface area contributed by atoms with Crippen LogP contribution in [0.4, 0.5) is 31.1 Å². The molecular weight excluding hydrogens is 574 g/mol. The molecule has 1 heterocycles. The van der Waals surface area contributed by atoms with Gasteiger partial charge in [0.2, 0.25) is 0 Å². The van der Waals surface area contributed by atoms with Crippen LogP contribution in [0.15, 0.2) is 53.3 Å². The standard InChI is InChI=1S/C24H21ClF6N4O5/c25-15-7-5-13(6-8-15)20-33-35(22(39)34(20)11-19(37)24(29,30)31)10-16(36)9-14(12-40-21(32)38)17-3-1-2-4-18(17)23(26,27)28/h1-8,14,19,37H,9-12H2,(H2,32,38)/t14?,19-/m0/s1. The van der Waals surface area contributed by atoms with E-state index >= 15 is 0 Å². The molecular formula is C24H21ClF6N4O5. The number of hydrogen-bond acceptors (Lipinski definition) is 6. The van der Waals surface area contributed by atoms with Gasteiger partial charge in [-0.25, -0.2) is 14.3 Å². The van der Waals surface area contributed by atoms with E-state index in [1.54, 1.807) is 0 Å². The van der Waals surface area contributed by atoms with E-state index in [2.05, 4.69) is 9.84 Å². The SMILES string of the molecule is NC(=O)OCC(CC(=O)Cn1nc(-c2ccc(Cl)cc2)n(C[C@H](O)C(F)(F)F)c1=O)c1ccccc1C(F)(F)F. The second-order valence-electron chi connectivity index (χ2n) is 8.59. The van der Waals surface area contributed by atoms with Crippen LogP contribution in [0, 0.1) is 0 Å². The maximum atomic E-state index is 13.6. The number of carbonyl (C=O) groups excluding carboxylic acids is 2. The summed E-state index contributed by atoms with van der Waals surface area (Å²) in [5, 5.41) is 13.8. The second kappa shape index (κ2) is 12.1. The number of hydrogen-bond donors (Lipinski definition) is 2. The summed E-state index contributed by atoms with van der Waals surface area (Å²) in [6.45, 7) is -2.80. The number of aliphatic hydroxyl groups is 1. The van der Waals surface area contributed by atoms with Crippen molar-refractivity contribution in [2.45, 2.75) is 43.9 Å². The van der Waals surface area contributed by atoms with E-state index in [0.717, 1.165) is 18.2 Å². The first-order valence-electron chi connectivity index (χ1n) is 11.4. The largest absolute Gasteiger partial charge is 0.449 e. The fourth-order valence-electron chi connectivity index (χ4n) is 3.86. The average molecular weight is 595 g/mol. The van der Waals surface area contributed by atoms with Gasteiger partial charge in [0.1, 0.15) is 13.2 Å². The van der Waals surface area contributed by atoms with Gasteiger partial charge < -0.3 is 15.6 Å². The van der Waals surface area contributed by atoms with Gasteiger partial charge in [-0.3, -0.25) is 9.36 Å². The van der Waals surface area contributed by atoms with Gasteiger partial charge in [0.05, 0.1) is 12.1 Å². The monoisotopic (exact) mass is 594 g/mol. The Morgan fingerprint density at radius 3 is 2.25 bits per heavy atom. The molecule has 3 aromatic rings.